The standard InChI is InChI=1S/C18H18ClN3O2S/c1-24-14-8-6-13(7-9-14)20-18(25)22-21-17(23)16-10-15(16)11-2-4-12(19)5-3-11/h2-9,15-16H,10H2,1H3,(H,21,23)(H2,20,22,25)/t15-,16-/m0/s1. The molecular formula is C18H18ClN3O2S. The quantitative estimate of drug-likeness (QED) is 0.564. The second-order valence-corrected chi connectivity index (χ2v) is 6.64. The Morgan fingerprint density at radius 1 is 1.12 bits per heavy atom. The zero-order valence-corrected chi connectivity index (χ0v) is 15.2. The van der Waals surface area contributed by atoms with Gasteiger partial charge in [-0.3, -0.25) is 15.6 Å². The van der Waals surface area contributed by atoms with E-state index in [1.165, 1.54) is 0 Å². The second kappa shape index (κ2) is 7.72. The van der Waals surface area contributed by atoms with Gasteiger partial charge in [0.15, 0.2) is 5.11 Å². The molecule has 1 saturated carbocycles. The zero-order chi connectivity index (χ0) is 17.8. The normalized spacial score (nSPS) is 18.2. The number of methoxy groups -OCH3 is 1. The van der Waals surface area contributed by atoms with Gasteiger partial charge in [0.25, 0.3) is 0 Å². The maximum absolute atomic E-state index is 12.2. The maximum atomic E-state index is 12.2. The molecule has 0 spiro atoms. The summed E-state index contributed by atoms with van der Waals surface area (Å²) in [5.41, 5.74) is 7.32. The van der Waals surface area contributed by atoms with E-state index >= 15 is 0 Å². The number of halogens is 1. The molecule has 0 heterocycles. The molecule has 1 aliphatic rings. The van der Waals surface area contributed by atoms with Crippen molar-refractivity contribution in [2.75, 3.05) is 12.4 Å². The fourth-order valence-electron chi connectivity index (χ4n) is 2.61. The molecule has 3 N–H and O–H groups in total. The molecule has 7 heteroatoms. The first-order valence-corrected chi connectivity index (χ1v) is 8.62. The van der Waals surface area contributed by atoms with Gasteiger partial charge < -0.3 is 10.1 Å². The van der Waals surface area contributed by atoms with Crippen LogP contribution in [0.15, 0.2) is 48.5 Å². The molecule has 130 valence electrons. The zero-order valence-electron chi connectivity index (χ0n) is 13.6. The van der Waals surface area contributed by atoms with Crippen LogP contribution in [0.3, 0.4) is 0 Å². The van der Waals surface area contributed by atoms with Gasteiger partial charge in [-0.15, -0.1) is 0 Å². The van der Waals surface area contributed by atoms with E-state index in [2.05, 4.69) is 16.2 Å². The number of carbonyl (C=O) groups excluding carboxylic acids is 1. The van der Waals surface area contributed by atoms with Crippen molar-refractivity contribution >= 4 is 40.5 Å². The van der Waals surface area contributed by atoms with Gasteiger partial charge >= 0.3 is 0 Å². The lowest BCUT2D eigenvalue weighted by Gasteiger charge is -2.12. The third-order valence-electron chi connectivity index (χ3n) is 4.07. The Kier molecular flexibility index (Phi) is 5.40. The molecule has 5 nitrogen and oxygen atoms in total. The van der Waals surface area contributed by atoms with E-state index in [1.807, 2.05) is 48.5 Å². The van der Waals surface area contributed by atoms with Crippen LogP contribution in [0.1, 0.15) is 17.9 Å². The molecule has 3 rings (SSSR count). The molecule has 0 unspecified atom stereocenters. The van der Waals surface area contributed by atoms with Crippen LogP contribution in [0.2, 0.25) is 5.02 Å². The van der Waals surface area contributed by atoms with Crippen LogP contribution in [0.5, 0.6) is 5.75 Å². The van der Waals surface area contributed by atoms with E-state index in [0.717, 1.165) is 23.4 Å². The lowest BCUT2D eigenvalue weighted by molar-refractivity contribution is -0.122. The van der Waals surface area contributed by atoms with Gasteiger partial charge in [0.2, 0.25) is 5.91 Å². The van der Waals surface area contributed by atoms with E-state index in [1.54, 1.807) is 7.11 Å². The number of hydrogen-bond acceptors (Lipinski definition) is 3. The largest absolute Gasteiger partial charge is 0.497 e. The highest BCUT2D eigenvalue weighted by Gasteiger charge is 2.43. The first-order chi connectivity index (χ1) is 12.1. The fraction of sp³-hybridized carbons (Fsp3) is 0.222. The number of benzene rings is 2. The van der Waals surface area contributed by atoms with E-state index in [0.29, 0.717) is 10.1 Å². The third-order valence-corrected chi connectivity index (χ3v) is 4.53. The van der Waals surface area contributed by atoms with Crippen molar-refractivity contribution in [2.24, 2.45) is 5.92 Å². The Morgan fingerprint density at radius 3 is 2.44 bits per heavy atom. The summed E-state index contributed by atoms with van der Waals surface area (Å²) in [7, 11) is 1.61. The molecule has 2 aromatic carbocycles. The van der Waals surface area contributed by atoms with Crippen LogP contribution in [0.25, 0.3) is 0 Å². The van der Waals surface area contributed by atoms with E-state index in [-0.39, 0.29) is 17.7 Å². The molecule has 2 atom stereocenters. The molecule has 0 aromatic heterocycles. The van der Waals surface area contributed by atoms with Gasteiger partial charge in [-0.05, 0) is 66.5 Å². The number of carbonyl (C=O) groups is 1. The Bertz CT molecular complexity index is 765. The number of nitrogens with one attached hydrogen (secondary N) is 3. The van der Waals surface area contributed by atoms with Crippen molar-refractivity contribution in [1.29, 1.82) is 0 Å². The van der Waals surface area contributed by atoms with Gasteiger partial charge in [-0.2, -0.15) is 0 Å². The van der Waals surface area contributed by atoms with E-state index in [9.17, 15) is 4.79 Å². The number of hydrogen-bond donors (Lipinski definition) is 3. The summed E-state index contributed by atoms with van der Waals surface area (Å²) >= 11 is 11.1. The summed E-state index contributed by atoms with van der Waals surface area (Å²) in [6.07, 6.45) is 0.827. The van der Waals surface area contributed by atoms with Crippen molar-refractivity contribution in [2.45, 2.75) is 12.3 Å². The van der Waals surface area contributed by atoms with Crippen LogP contribution in [0, 0.1) is 5.92 Å². The summed E-state index contributed by atoms with van der Waals surface area (Å²) in [4.78, 5) is 12.2. The first-order valence-electron chi connectivity index (χ1n) is 7.83. The fourth-order valence-corrected chi connectivity index (χ4v) is 2.91. The molecule has 1 aliphatic carbocycles. The van der Waals surface area contributed by atoms with Crippen LogP contribution in [-0.2, 0) is 4.79 Å². The molecule has 2 aromatic rings. The highest BCUT2D eigenvalue weighted by Crippen LogP contribution is 2.47. The minimum Gasteiger partial charge on any atom is -0.497 e. The van der Waals surface area contributed by atoms with Gasteiger partial charge in [0.1, 0.15) is 5.75 Å². The molecule has 0 radical (unpaired) electrons. The monoisotopic (exact) mass is 375 g/mol. The predicted octanol–water partition coefficient (Wildman–Crippen LogP) is 3.47. The van der Waals surface area contributed by atoms with Crippen molar-refractivity contribution in [3.8, 4) is 5.75 Å². The Balaban J connectivity index is 1.44. The summed E-state index contributed by atoms with van der Waals surface area (Å²) < 4.78 is 5.10. The van der Waals surface area contributed by atoms with Crippen LogP contribution in [0.4, 0.5) is 5.69 Å². The Hall–Kier alpha value is -2.31. The lowest BCUT2D eigenvalue weighted by atomic mass is 10.1. The second-order valence-electron chi connectivity index (χ2n) is 5.80. The van der Waals surface area contributed by atoms with E-state index in [4.69, 9.17) is 28.6 Å². The van der Waals surface area contributed by atoms with Gasteiger partial charge in [-0.1, -0.05) is 23.7 Å². The summed E-state index contributed by atoms with van der Waals surface area (Å²) in [6.45, 7) is 0. The number of rotatable bonds is 4. The molecule has 1 amide bonds. The average Bonchev–Trinajstić information content (AvgIpc) is 3.42. The molecular weight excluding hydrogens is 358 g/mol. The predicted molar refractivity (Wildman–Crippen MR) is 103 cm³/mol. The van der Waals surface area contributed by atoms with Crippen molar-refractivity contribution in [3.63, 3.8) is 0 Å². The van der Waals surface area contributed by atoms with Crippen molar-refractivity contribution < 1.29 is 9.53 Å². The van der Waals surface area contributed by atoms with Gasteiger partial charge in [0.05, 0.1) is 7.11 Å². The number of amides is 1. The van der Waals surface area contributed by atoms with Crippen molar-refractivity contribution in [3.05, 3.63) is 59.1 Å². The lowest BCUT2D eigenvalue weighted by Crippen LogP contribution is -2.44. The highest BCUT2D eigenvalue weighted by atomic mass is 35.5. The SMILES string of the molecule is COc1ccc(NC(=S)NNC(=O)[C@H]2C[C@H]2c2ccc(Cl)cc2)cc1. The topological polar surface area (TPSA) is 62.4 Å². The average molecular weight is 376 g/mol. The smallest absolute Gasteiger partial charge is 0.242 e. The summed E-state index contributed by atoms with van der Waals surface area (Å²) in [6, 6.07) is 14.9. The highest BCUT2D eigenvalue weighted by molar-refractivity contribution is 7.80. The molecule has 1 fully saturated rings. The number of hydrazine groups is 1. The van der Waals surface area contributed by atoms with Gasteiger partial charge in [-0.25, -0.2) is 0 Å². The van der Waals surface area contributed by atoms with Crippen LogP contribution < -0.4 is 20.9 Å². The van der Waals surface area contributed by atoms with Crippen LogP contribution >= 0.6 is 23.8 Å². The molecule has 25 heavy (non-hydrogen) atoms. The molecule has 0 bridgehead atoms. The molecule has 0 aliphatic heterocycles. The Morgan fingerprint density at radius 2 is 1.80 bits per heavy atom. The first kappa shape index (κ1) is 17.5. The van der Waals surface area contributed by atoms with Crippen molar-refractivity contribution in [1.82, 2.24) is 10.9 Å². The maximum Gasteiger partial charge on any atom is 0.242 e. The summed E-state index contributed by atoms with van der Waals surface area (Å²) in [5, 5.41) is 4.01. The van der Waals surface area contributed by atoms with E-state index < -0.39 is 0 Å². The number of ether oxygens (including phenoxy) is 1. The van der Waals surface area contributed by atoms with Gasteiger partial charge in [0, 0.05) is 16.6 Å². The minimum absolute atomic E-state index is 0.0440. The minimum atomic E-state index is -0.0705. The number of thiocarbonyl (C=S) groups is 1. The molecule has 0 saturated heterocycles. The Labute approximate surface area is 156 Å². The number of anilines is 1. The van der Waals surface area contributed by atoms with Crippen LogP contribution in [-0.4, -0.2) is 18.1 Å². The third kappa shape index (κ3) is 4.61. The summed E-state index contributed by atoms with van der Waals surface area (Å²) in [5.74, 6) is 0.887.